The second-order valence-corrected chi connectivity index (χ2v) is 4.82. The molecule has 0 saturated heterocycles. The highest BCUT2D eigenvalue weighted by atomic mass is 79.9. The molecule has 1 rings (SSSR count). The Labute approximate surface area is 96.0 Å². The van der Waals surface area contributed by atoms with E-state index in [-0.39, 0.29) is 10.7 Å². The van der Waals surface area contributed by atoms with Crippen LogP contribution in [0.25, 0.3) is 0 Å². The van der Waals surface area contributed by atoms with Crippen LogP contribution in [-0.4, -0.2) is 22.3 Å². The summed E-state index contributed by atoms with van der Waals surface area (Å²) in [5, 5.41) is 3.11. The Balaban J connectivity index is 2.65. The summed E-state index contributed by atoms with van der Waals surface area (Å²) in [6.07, 6.45) is 2.99. The third-order valence-corrected chi connectivity index (χ3v) is 2.19. The Morgan fingerprint density at radius 1 is 1.79 bits per heavy atom. The summed E-state index contributed by atoms with van der Waals surface area (Å²) >= 11 is 9.13. The third-order valence-electron chi connectivity index (χ3n) is 1.56. The van der Waals surface area contributed by atoms with Crippen LogP contribution in [0.1, 0.15) is 17.3 Å². The maximum Gasteiger partial charge on any atom is 0.252 e. The molecule has 3 nitrogen and oxygen atoms in total. The zero-order valence-corrected chi connectivity index (χ0v) is 9.97. The second-order valence-electron chi connectivity index (χ2n) is 2.85. The standard InChI is InChI=1S/C9H10BrClN2O/c1-6(10)4-13-9(14)7-2-3-12-5-8(7)11/h2-3,5-6H,4H2,1H3,(H,13,14). The highest BCUT2D eigenvalue weighted by molar-refractivity contribution is 9.09. The van der Waals surface area contributed by atoms with Crippen LogP contribution in [0.3, 0.4) is 0 Å². The molecule has 1 aromatic heterocycles. The molecule has 1 N–H and O–H groups in total. The van der Waals surface area contributed by atoms with Crippen LogP contribution < -0.4 is 5.32 Å². The summed E-state index contributed by atoms with van der Waals surface area (Å²) in [6, 6.07) is 1.59. The minimum Gasteiger partial charge on any atom is -0.351 e. The minimum atomic E-state index is -0.177. The molecular weight excluding hydrogens is 267 g/mol. The van der Waals surface area contributed by atoms with Crippen LogP contribution in [0.4, 0.5) is 0 Å². The quantitative estimate of drug-likeness (QED) is 0.861. The van der Waals surface area contributed by atoms with Gasteiger partial charge < -0.3 is 5.32 Å². The van der Waals surface area contributed by atoms with E-state index in [2.05, 4.69) is 26.2 Å². The number of carbonyl (C=O) groups is 1. The van der Waals surface area contributed by atoms with Gasteiger partial charge in [-0.3, -0.25) is 9.78 Å². The Morgan fingerprint density at radius 2 is 2.50 bits per heavy atom. The van der Waals surface area contributed by atoms with E-state index in [9.17, 15) is 4.79 Å². The number of nitrogens with zero attached hydrogens (tertiary/aromatic N) is 1. The van der Waals surface area contributed by atoms with Gasteiger partial charge in [-0.25, -0.2) is 0 Å². The first-order valence-electron chi connectivity index (χ1n) is 4.13. The van der Waals surface area contributed by atoms with Crippen molar-refractivity contribution in [3.8, 4) is 0 Å². The highest BCUT2D eigenvalue weighted by Crippen LogP contribution is 2.12. The lowest BCUT2D eigenvalue weighted by Gasteiger charge is -2.07. The van der Waals surface area contributed by atoms with E-state index in [1.54, 1.807) is 12.3 Å². The number of halogens is 2. The fraction of sp³-hybridized carbons (Fsp3) is 0.333. The van der Waals surface area contributed by atoms with Gasteiger partial charge in [-0.2, -0.15) is 0 Å². The van der Waals surface area contributed by atoms with E-state index < -0.39 is 0 Å². The van der Waals surface area contributed by atoms with Gasteiger partial charge in [0.05, 0.1) is 10.6 Å². The van der Waals surface area contributed by atoms with E-state index in [0.717, 1.165) is 0 Å². The molecule has 1 heterocycles. The van der Waals surface area contributed by atoms with Crippen molar-refractivity contribution in [3.63, 3.8) is 0 Å². The lowest BCUT2D eigenvalue weighted by molar-refractivity contribution is 0.0954. The molecule has 0 saturated carbocycles. The number of pyridine rings is 1. The summed E-state index contributed by atoms with van der Waals surface area (Å²) < 4.78 is 0. The van der Waals surface area contributed by atoms with Crippen molar-refractivity contribution in [3.05, 3.63) is 29.0 Å². The highest BCUT2D eigenvalue weighted by Gasteiger charge is 2.09. The average molecular weight is 278 g/mol. The first-order valence-corrected chi connectivity index (χ1v) is 5.42. The van der Waals surface area contributed by atoms with E-state index in [1.807, 2.05) is 6.92 Å². The monoisotopic (exact) mass is 276 g/mol. The molecular formula is C9H10BrClN2O. The van der Waals surface area contributed by atoms with Crippen LogP contribution >= 0.6 is 27.5 Å². The number of hydrogen-bond donors (Lipinski definition) is 1. The normalized spacial score (nSPS) is 12.2. The maximum absolute atomic E-state index is 11.5. The minimum absolute atomic E-state index is 0.177. The van der Waals surface area contributed by atoms with E-state index in [1.165, 1.54) is 6.20 Å². The summed E-state index contributed by atoms with van der Waals surface area (Å²) in [5.41, 5.74) is 0.454. The van der Waals surface area contributed by atoms with Crippen molar-refractivity contribution in [2.45, 2.75) is 11.8 Å². The zero-order chi connectivity index (χ0) is 10.6. The molecule has 0 aliphatic heterocycles. The van der Waals surface area contributed by atoms with Crippen LogP contribution in [0.5, 0.6) is 0 Å². The van der Waals surface area contributed by atoms with E-state index in [0.29, 0.717) is 17.1 Å². The van der Waals surface area contributed by atoms with Crippen LogP contribution in [0.2, 0.25) is 5.02 Å². The van der Waals surface area contributed by atoms with Crippen molar-refractivity contribution >= 4 is 33.4 Å². The molecule has 14 heavy (non-hydrogen) atoms. The van der Waals surface area contributed by atoms with Crippen molar-refractivity contribution in [1.82, 2.24) is 10.3 Å². The molecule has 0 aliphatic rings. The predicted octanol–water partition coefficient (Wildman–Crippen LogP) is 2.25. The fourth-order valence-electron chi connectivity index (χ4n) is 0.888. The van der Waals surface area contributed by atoms with Gasteiger partial charge in [0, 0.05) is 23.8 Å². The van der Waals surface area contributed by atoms with Crippen LogP contribution in [0.15, 0.2) is 18.5 Å². The lowest BCUT2D eigenvalue weighted by atomic mass is 10.2. The molecule has 0 aromatic carbocycles. The molecule has 76 valence electrons. The number of amides is 1. The smallest absolute Gasteiger partial charge is 0.252 e. The van der Waals surface area contributed by atoms with E-state index >= 15 is 0 Å². The molecule has 0 fully saturated rings. The first-order chi connectivity index (χ1) is 6.61. The van der Waals surface area contributed by atoms with Gasteiger partial charge in [0.15, 0.2) is 0 Å². The van der Waals surface area contributed by atoms with Gasteiger partial charge in [-0.1, -0.05) is 34.5 Å². The van der Waals surface area contributed by atoms with Gasteiger partial charge in [-0.15, -0.1) is 0 Å². The summed E-state index contributed by atoms with van der Waals surface area (Å²) in [5.74, 6) is -0.177. The topological polar surface area (TPSA) is 42.0 Å². The zero-order valence-electron chi connectivity index (χ0n) is 7.63. The molecule has 1 atom stereocenters. The molecule has 5 heteroatoms. The maximum atomic E-state index is 11.5. The van der Waals surface area contributed by atoms with E-state index in [4.69, 9.17) is 11.6 Å². The summed E-state index contributed by atoms with van der Waals surface area (Å²) in [4.78, 5) is 15.6. The Kier molecular flexibility index (Phi) is 4.35. The number of hydrogen-bond acceptors (Lipinski definition) is 2. The fourth-order valence-corrected chi connectivity index (χ4v) is 1.25. The SMILES string of the molecule is CC(Br)CNC(=O)c1ccncc1Cl. The van der Waals surface area contributed by atoms with Crippen molar-refractivity contribution in [2.24, 2.45) is 0 Å². The summed E-state index contributed by atoms with van der Waals surface area (Å²) in [6.45, 7) is 2.52. The van der Waals surface area contributed by atoms with Gasteiger partial charge >= 0.3 is 0 Å². The van der Waals surface area contributed by atoms with Crippen LogP contribution in [0, 0.1) is 0 Å². The molecule has 0 bridgehead atoms. The van der Waals surface area contributed by atoms with Gasteiger partial charge in [0.1, 0.15) is 0 Å². The lowest BCUT2D eigenvalue weighted by Crippen LogP contribution is -2.28. The van der Waals surface area contributed by atoms with Gasteiger partial charge in [0.2, 0.25) is 0 Å². The Hall–Kier alpha value is -0.610. The number of carbonyl (C=O) groups excluding carboxylic acids is 1. The molecule has 1 aromatic rings. The summed E-state index contributed by atoms with van der Waals surface area (Å²) in [7, 11) is 0. The van der Waals surface area contributed by atoms with Crippen molar-refractivity contribution < 1.29 is 4.79 Å². The Bertz CT molecular complexity index is 330. The van der Waals surface area contributed by atoms with Crippen molar-refractivity contribution in [1.29, 1.82) is 0 Å². The molecule has 1 unspecified atom stereocenters. The second kappa shape index (κ2) is 5.32. The number of alkyl halides is 1. The first kappa shape index (κ1) is 11.5. The number of aromatic nitrogens is 1. The number of rotatable bonds is 3. The number of nitrogens with one attached hydrogen (secondary N) is 1. The van der Waals surface area contributed by atoms with Gasteiger partial charge in [-0.05, 0) is 6.07 Å². The largest absolute Gasteiger partial charge is 0.351 e. The molecule has 0 aliphatic carbocycles. The van der Waals surface area contributed by atoms with Crippen LogP contribution in [-0.2, 0) is 0 Å². The Morgan fingerprint density at radius 3 is 3.07 bits per heavy atom. The molecule has 0 radical (unpaired) electrons. The molecule has 1 amide bonds. The molecule has 0 spiro atoms. The predicted molar refractivity (Wildman–Crippen MR) is 60.0 cm³/mol. The van der Waals surface area contributed by atoms with Crippen molar-refractivity contribution in [2.75, 3.05) is 6.54 Å². The third kappa shape index (κ3) is 3.27. The van der Waals surface area contributed by atoms with Gasteiger partial charge in [0.25, 0.3) is 5.91 Å². The average Bonchev–Trinajstić information content (AvgIpc) is 2.15.